The van der Waals surface area contributed by atoms with Crippen LogP contribution in [0.3, 0.4) is 0 Å². The molecule has 4 heteroatoms. The predicted molar refractivity (Wildman–Crippen MR) is 74.7 cm³/mol. The molecular formula is C13H12BrNOS. The Balaban J connectivity index is 2.20. The van der Waals surface area contributed by atoms with Crippen molar-refractivity contribution in [3.8, 4) is 0 Å². The second-order valence-electron chi connectivity index (χ2n) is 3.67. The Morgan fingerprint density at radius 2 is 1.88 bits per heavy atom. The van der Waals surface area contributed by atoms with Gasteiger partial charge in [-0.3, -0.25) is 4.79 Å². The third kappa shape index (κ3) is 3.03. The van der Waals surface area contributed by atoms with Gasteiger partial charge in [-0.2, -0.15) is 0 Å². The average molecular weight is 310 g/mol. The zero-order chi connectivity index (χ0) is 12.3. The molecular weight excluding hydrogens is 298 g/mol. The zero-order valence-electron chi connectivity index (χ0n) is 9.15. The Morgan fingerprint density at radius 3 is 2.41 bits per heavy atom. The van der Waals surface area contributed by atoms with Crippen molar-refractivity contribution in [1.29, 1.82) is 0 Å². The number of nitrogens with two attached hydrogens (primary N) is 1. The van der Waals surface area contributed by atoms with Gasteiger partial charge in [0.1, 0.15) is 0 Å². The Morgan fingerprint density at radius 1 is 1.18 bits per heavy atom. The molecule has 0 fully saturated rings. The molecule has 0 aliphatic heterocycles. The van der Waals surface area contributed by atoms with Crippen LogP contribution in [0.1, 0.15) is 20.8 Å². The molecule has 0 amide bonds. The van der Waals surface area contributed by atoms with Crippen molar-refractivity contribution < 1.29 is 4.79 Å². The second kappa shape index (κ2) is 5.58. The van der Waals surface area contributed by atoms with Crippen LogP contribution < -0.4 is 5.73 Å². The van der Waals surface area contributed by atoms with E-state index in [1.165, 1.54) is 11.3 Å². The van der Waals surface area contributed by atoms with Crippen molar-refractivity contribution in [2.75, 3.05) is 6.54 Å². The molecule has 1 heterocycles. The summed E-state index contributed by atoms with van der Waals surface area (Å²) in [4.78, 5) is 12.8. The Labute approximate surface area is 113 Å². The van der Waals surface area contributed by atoms with Gasteiger partial charge in [-0.15, -0.1) is 11.3 Å². The van der Waals surface area contributed by atoms with E-state index < -0.39 is 0 Å². The maximum atomic E-state index is 12.1. The highest BCUT2D eigenvalue weighted by atomic mass is 79.9. The number of carbonyl (C=O) groups excluding carboxylic acids is 1. The fourth-order valence-electron chi connectivity index (χ4n) is 1.57. The average Bonchev–Trinajstić information content (AvgIpc) is 2.76. The van der Waals surface area contributed by atoms with Crippen molar-refractivity contribution in [1.82, 2.24) is 0 Å². The first-order chi connectivity index (χ1) is 8.20. The van der Waals surface area contributed by atoms with Crippen LogP contribution in [0.25, 0.3) is 0 Å². The van der Waals surface area contributed by atoms with E-state index in [4.69, 9.17) is 5.73 Å². The number of rotatable bonds is 4. The number of benzene rings is 1. The summed E-state index contributed by atoms with van der Waals surface area (Å²) in [5, 5.41) is 0. The van der Waals surface area contributed by atoms with E-state index in [1.807, 2.05) is 36.4 Å². The van der Waals surface area contributed by atoms with E-state index in [0.717, 1.165) is 26.2 Å². The summed E-state index contributed by atoms with van der Waals surface area (Å²) in [7, 11) is 0. The smallest absolute Gasteiger partial charge is 0.202 e. The molecule has 0 atom stereocenters. The molecule has 2 aromatic rings. The summed E-state index contributed by atoms with van der Waals surface area (Å²) in [5.41, 5.74) is 7.37. The van der Waals surface area contributed by atoms with Crippen LogP contribution in [0.5, 0.6) is 0 Å². The molecule has 0 aliphatic rings. The normalized spacial score (nSPS) is 10.5. The van der Waals surface area contributed by atoms with Crippen LogP contribution in [-0.4, -0.2) is 12.3 Å². The first kappa shape index (κ1) is 12.5. The van der Waals surface area contributed by atoms with Gasteiger partial charge in [-0.05, 0) is 46.6 Å². The summed E-state index contributed by atoms with van der Waals surface area (Å²) in [6, 6.07) is 11.4. The molecule has 0 saturated heterocycles. The molecule has 0 spiro atoms. The third-order valence-electron chi connectivity index (χ3n) is 2.45. The summed E-state index contributed by atoms with van der Waals surface area (Å²) in [5.74, 6) is 0.0694. The fourth-order valence-corrected chi connectivity index (χ4v) is 2.92. The predicted octanol–water partition coefficient (Wildman–Crippen LogP) is 3.24. The van der Waals surface area contributed by atoms with Crippen molar-refractivity contribution in [2.45, 2.75) is 6.42 Å². The first-order valence-electron chi connectivity index (χ1n) is 5.30. The van der Waals surface area contributed by atoms with Crippen LogP contribution >= 0.6 is 27.3 Å². The molecule has 0 radical (unpaired) electrons. The zero-order valence-corrected chi connectivity index (χ0v) is 11.6. The molecule has 2 N–H and O–H groups in total. The molecule has 2 rings (SSSR count). The molecule has 2 nitrogen and oxygen atoms in total. The summed E-state index contributed by atoms with van der Waals surface area (Å²) in [6.45, 7) is 0.630. The lowest BCUT2D eigenvalue weighted by Gasteiger charge is -2.01. The Hall–Kier alpha value is -0.970. The topological polar surface area (TPSA) is 43.1 Å². The van der Waals surface area contributed by atoms with Gasteiger partial charge < -0.3 is 5.73 Å². The molecule has 1 aromatic carbocycles. The van der Waals surface area contributed by atoms with Gasteiger partial charge in [-0.1, -0.05) is 24.3 Å². The standard InChI is InChI=1S/C13H12BrNOS/c14-12-6-5-11(17-12)13(16)10-3-1-9(2-4-10)7-8-15/h1-6H,7-8,15H2. The maximum Gasteiger partial charge on any atom is 0.202 e. The minimum absolute atomic E-state index is 0.0694. The fraction of sp³-hybridized carbons (Fsp3) is 0.154. The molecule has 88 valence electrons. The number of hydrogen-bond donors (Lipinski definition) is 1. The van der Waals surface area contributed by atoms with Crippen molar-refractivity contribution >= 4 is 33.0 Å². The summed E-state index contributed by atoms with van der Waals surface area (Å²) >= 11 is 4.81. The van der Waals surface area contributed by atoms with Gasteiger partial charge in [0, 0.05) is 5.56 Å². The third-order valence-corrected chi connectivity index (χ3v) is 4.07. The van der Waals surface area contributed by atoms with E-state index in [-0.39, 0.29) is 5.78 Å². The van der Waals surface area contributed by atoms with Gasteiger partial charge in [0.15, 0.2) is 0 Å². The lowest BCUT2D eigenvalue weighted by atomic mass is 10.1. The van der Waals surface area contributed by atoms with Crippen molar-refractivity contribution in [3.05, 3.63) is 56.2 Å². The Bertz CT molecular complexity index is 518. The van der Waals surface area contributed by atoms with Gasteiger partial charge in [-0.25, -0.2) is 0 Å². The van der Waals surface area contributed by atoms with Gasteiger partial charge in [0.05, 0.1) is 8.66 Å². The number of thiophene rings is 1. The van der Waals surface area contributed by atoms with E-state index in [9.17, 15) is 4.79 Å². The monoisotopic (exact) mass is 309 g/mol. The van der Waals surface area contributed by atoms with E-state index >= 15 is 0 Å². The van der Waals surface area contributed by atoms with Gasteiger partial charge in [0.25, 0.3) is 0 Å². The molecule has 0 unspecified atom stereocenters. The quantitative estimate of drug-likeness (QED) is 0.881. The maximum absolute atomic E-state index is 12.1. The minimum Gasteiger partial charge on any atom is -0.330 e. The van der Waals surface area contributed by atoms with E-state index in [0.29, 0.717) is 6.54 Å². The van der Waals surface area contributed by atoms with Crippen LogP contribution in [-0.2, 0) is 6.42 Å². The SMILES string of the molecule is NCCc1ccc(C(=O)c2ccc(Br)s2)cc1. The largest absolute Gasteiger partial charge is 0.330 e. The van der Waals surface area contributed by atoms with Crippen LogP contribution in [0.4, 0.5) is 0 Å². The van der Waals surface area contributed by atoms with Crippen molar-refractivity contribution in [3.63, 3.8) is 0 Å². The number of halogens is 1. The number of carbonyl (C=O) groups is 1. The number of hydrogen-bond acceptors (Lipinski definition) is 3. The van der Waals surface area contributed by atoms with E-state index in [1.54, 1.807) is 0 Å². The molecule has 17 heavy (non-hydrogen) atoms. The molecule has 0 saturated carbocycles. The second-order valence-corrected chi connectivity index (χ2v) is 6.13. The molecule has 0 bridgehead atoms. The highest BCUT2D eigenvalue weighted by molar-refractivity contribution is 9.11. The summed E-state index contributed by atoms with van der Waals surface area (Å²) in [6.07, 6.45) is 0.846. The highest BCUT2D eigenvalue weighted by Crippen LogP contribution is 2.24. The number of ketones is 1. The highest BCUT2D eigenvalue weighted by Gasteiger charge is 2.10. The first-order valence-corrected chi connectivity index (χ1v) is 6.90. The Kier molecular flexibility index (Phi) is 4.10. The van der Waals surface area contributed by atoms with Crippen molar-refractivity contribution in [2.24, 2.45) is 5.73 Å². The lowest BCUT2D eigenvalue weighted by Crippen LogP contribution is -2.03. The molecule has 1 aromatic heterocycles. The molecule has 0 aliphatic carbocycles. The lowest BCUT2D eigenvalue weighted by molar-refractivity contribution is 0.104. The van der Waals surface area contributed by atoms with Crippen LogP contribution in [0.2, 0.25) is 0 Å². The van der Waals surface area contributed by atoms with Gasteiger partial charge >= 0.3 is 0 Å². The van der Waals surface area contributed by atoms with E-state index in [2.05, 4.69) is 15.9 Å². The van der Waals surface area contributed by atoms with Crippen LogP contribution in [0.15, 0.2) is 40.2 Å². The summed E-state index contributed by atoms with van der Waals surface area (Å²) < 4.78 is 0.973. The van der Waals surface area contributed by atoms with Crippen LogP contribution in [0, 0.1) is 0 Å². The van der Waals surface area contributed by atoms with Gasteiger partial charge in [0.2, 0.25) is 5.78 Å². The minimum atomic E-state index is 0.0694.